The molecule has 3 atom stereocenters. The van der Waals surface area contributed by atoms with E-state index in [1.807, 2.05) is 69.8 Å². The van der Waals surface area contributed by atoms with Gasteiger partial charge in [-0.2, -0.15) is 0 Å². The quantitative estimate of drug-likeness (QED) is 0.0158. The number of ether oxygens (including phenoxy) is 2. The van der Waals surface area contributed by atoms with Crippen LogP contribution in [0.3, 0.4) is 0 Å². The summed E-state index contributed by atoms with van der Waals surface area (Å²) in [7, 11) is 1.36. The molecule has 0 radical (unpaired) electrons. The van der Waals surface area contributed by atoms with E-state index in [9.17, 15) is 24.2 Å². The van der Waals surface area contributed by atoms with Gasteiger partial charge in [0, 0.05) is 12.8 Å². The molecule has 0 aromatic carbocycles. The number of hydrogen-bond acceptors (Lipinski definition) is 8. The normalized spacial score (nSPS) is 15.3. The smallest absolute Gasteiger partial charge is 0.462 e. The van der Waals surface area contributed by atoms with Gasteiger partial charge >= 0.3 is 19.8 Å². The van der Waals surface area contributed by atoms with Gasteiger partial charge in [0.25, 0.3) is 0 Å². The van der Waals surface area contributed by atoms with Crippen LogP contribution in [0.2, 0.25) is 0 Å². The van der Waals surface area contributed by atoms with Crippen molar-refractivity contribution in [3.05, 3.63) is 122 Å². The van der Waals surface area contributed by atoms with Gasteiger partial charge in [0.1, 0.15) is 19.8 Å². The number of nitrogens with zero attached hydrogens (tertiary/aromatic N) is 1. The summed E-state index contributed by atoms with van der Waals surface area (Å²) < 4.78 is 34.1. The first-order valence-corrected chi connectivity index (χ1v) is 22.9. The summed E-state index contributed by atoms with van der Waals surface area (Å²) in [4.78, 5) is 35.3. The maximum atomic E-state index is 12.7. The average Bonchev–Trinajstić information content (AvgIpc) is 3.18. The van der Waals surface area contributed by atoms with E-state index in [0.29, 0.717) is 30.3 Å². The average molecular weight is 843 g/mol. The number of phosphoric acid groups is 1. The monoisotopic (exact) mass is 843 g/mol. The van der Waals surface area contributed by atoms with Crippen LogP contribution in [0.15, 0.2) is 122 Å². The number of carbonyl (C=O) groups is 2. The third kappa shape index (κ3) is 42.3. The highest BCUT2D eigenvalue weighted by molar-refractivity contribution is 7.47. The molecule has 59 heavy (non-hydrogen) atoms. The minimum atomic E-state index is -4.42. The highest BCUT2D eigenvalue weighted by Gasteiger charge is 2.27. The molecule has 0 saturated carbocycles. The largest absolute Gasteiger partial charge is 0.472 e. The molecule has 2 N–H and O–H groups in total. The lowest BCUT2D eigenvalue weighted by atomic mass is 10.2. The molecule has 0 spiro atoms. The minimum absolute atomic E-state index is 0.00352. The Morgan fingerprint density at radius 1 is 0.610 bits per heavy atom. The van der Waals surface area contributed by atoms with Crippen LogP contribution in [-0.4, -0.2) is 86.1 Å². The number of allylic oxidation sites excluding steroid dienone is 18. The fraction of sp³-hybridized carbons (Fsp3) is 0.542. The number of aliphatic hydroxyl groups excluding tert-OH is 1. The molecule has 11 heteroatoms. The van der Waals surface area contributed by atoms with Crippen LogP contribution in [0, 0.1) is 0 Å². The Morgan fingerprint density at radius 3 is 1.71 bits per heavy atom. The van der Waals surface area contributed by atoms with Gasteiger partial charge in [0.15, 0.2) is 6.10 Å². The van der Waals surface area contributed by atoms with E-state index in [1.54, 1.807) is 6.08 Å². The first-order chi connectivity index (χ1) is 28.4. The summed E-state index contributed by atoms with van der Waals surface area (Å²) >= 11 is 0. The Balaban J connectivity index is 4.64. The maximum absolute atomic E-state index is 12.7. The molecule has 10 nitrogen and oxygen atoms in total. The number of quaternary nitrogens is 1. The number of rotatable bonds is 36. The Labute approximate surface area is 357 Å². The Morgan fingerprint density at radius 2 is 1.14 bits per heavy atom. The second-order valence-corrected chi connectivity index (χ2v) is 16.3. The van der Waals surface area contributed by atoms with E-state index >= 15 is 0 Å². The molecule has 0 aromatic heterocycles. The van der Waals surface area contributed by atoms with Crippen molar-refractivity contribution in [3.8, 4) is 0 Å². The van der Waals surface area contributed by atoms with Crippen molar-refractivity contribution >= 4 is 19.8 Å². The van der Waals surface area contributed by atoms with Crippen LogP contribution in [0.25, 0.3) is 0 Å². The van der Waals surface area contributed by atoms with Crippen molar-refractivity contribution < 1.29 is 47.2 Å². The van der Waals surface area contributed by atoms with E-state index in [4.69, 9.17) is 18.5 Å². The predicted molar refractivity (Wildman–Crippen MR) is 243 cm³/mol. The topological polar surface area (TPSA) is 129 Å². The molecule has 0 aliphatic heterocycles. The second-order valence-electron chi connectivity index (χ2n) is 14.8. The Bertz CT molecular complexity index is 1430. The van der Waals surface area contributed by atoms with Gasteiger partial charge in [-0.3, -0.25) is 18.6 Å². The van der Waals surface area contributed by atoms with Crippen molar-refractivity contribution in [1.82, 2.24) is 0 Å². The molecule has 2 unspecified atom stereocenters. The van der Waals surface area contributed by atoms with E-state index in [1.165, 1.54) is 0 Å². The molecule has 0 bridgehead atoms. The molecule has 0 aliphatic carbocycles. The first-order valence-electron chi connectivity index (χ1n) is 21.4. The van der Waals surface area contributed by atoms with Crippen molar-refractivity contribution in [1.29, 1.82) is 0 Å². The molecule has 0 heterocycles. The van der Waals surface area contributed by atoms with Crippen LogP contribution < -0.4 is 0 Å². The third-order valence-electron chi connectivity index (χ3n) is 8.08. The zero-order chi connectivity index (χ0) is 43.7. The molecule has 332 valence electrons. The van der Waals surface area contributed by atoms with E-state index in [0.717, 1.165) is 64.2 Å². The van der Waals surface area contributed by atoms with Crippen LogP contribution in [0.1, 0.15) is 110 Å². The highest BCUT2D eigenvalue weighted by atomic mass is 31.2. The molecule has 0 aliphatic rings. The second kappa shape index (κ2) is 38.6. The standard InChI is InChI=1S/C48H76NO9P/c1-6-8-10-11-12-13-14-15-16-19-22-25-28-31-35-39-47(51)55-43-46(44-57-59(53,54)56-42-41-49(3,4)5)58-48(52)40-36-32-29-26-23-20-17-18-21-24-27-30-34-38-45(50)37-33-9-7-2/h8-10,12-13,15-16,18,20-23,25,27,29-30,32-34,38,45-46,50H,6-7,11,14,17,19,24,26,28,31,35-37,39-44H2,1-5H3/p+1/b10-8-,13-12-,16-15-,21-18-,23-20-,25-22-,30-27+,32-29-,33-9-,38-34+/t45?,46-/m1/s1. The van der Waals surface area contributed by atoms with E-state index < -0.39 is 38.6 Å². The highest BCUT2D eigenvalue weighted by Crippen LogP contribution is 2.43. The van der Waals surface area contributed by atoms with Crippen LogP contribution >= 0.6 is 7.82 Å². The third-order valence-corrected chi connectivity index (χ3v) is 9.07. The molecule has 0 saturated heterocycles. The van der Waals surface area contributed by atoms with Gasteiger partial charge < -0.3 is 24.0 Å². The van der Waals surface area contributed by atoms with Gasteiger partial charge in [-0.05, 0) is 83.5 Å². The summed E-state index contributed by atoms with van der Waals surface area (Å²) in [5, 5.41) is 9.85. The van der Waals surface area contributed by atoms with Crippen molar-refractivity contribution in [2.24, 2.45) is 0 Å². The van der Waals surface area contributed by atoms with Gasteiger partial charge in [-0.1, -0.05) is 135 Å². The summed E-state index contributed by atoms with van der Waals surface area (Å²) in [6.07, 6.45) is 50.3. The van der Waals surface area contributed by atoms with Gasteiger partial charge in [0.05, 0.1) is 33.9 Å². The van der Waals surface area contributed by atoms with Crippen molar-refractivity contribution in [3.63, 3.8) is 0 Å². The fourth-order valence-electron chi connectivity index (χ4n) is 4.76. The lowest BCUT2D eigenvalue weighted by Gasteiger charge is -2.24. The molecular formula is C48H77NO9P+. The van der Waals surface area contributed by atoms with E-state index in [2.05, 4.69) is 80.7 Å². The van der Waals surface area contributed by atoms with Crippen LogP contribution in [-0.2, 0) is 32.7 Å². The predicted octanol–water partition coefficient (Wildman–Crippen LogP) is 11.1. The first kappa shape index (κ1) is 55.4. The summed E-state index contributed by atoms with van der Waals surface area (Å²) in [5.74, 6) is -0.983. The number of aliphatic hydroxyl groups is 1. The van der Waals surface area contributed by atoms with Crippen LogP contribution in [0.5, 0.6) is 0 Å². The van der Waals surface area contributed by atoms with Crippen molar-refractivity contribution in [2.75, 3.05) is 47.5 Å². The van der Waals surface area contributed by atoms with Crippen LogP contribution in [0.4, 0.5) is 0 Å². The SMILES string of the molecule is CC/C=C\C/C=C\C/C=C\C/C=C\CCCCC(=O)OC[C@H](COP(=O)(O)OCC[N+](C)(C)C)OC(=O)CC/C=C\C/C=C\C/C=C\C/C=C/C=C/C(O)C/C=C\CC. The van der Waals surface area contributed by atoms with E-state index in [-0.39, 0.29) is 26.1 Å². The molecule has 0 rings (SSSR count). The molecular weight excluding hydrogens is 765 g/mol. The van der Waals surface area contributed by atoms with Gasteiger partial charge in [0.2, 0.25) is 0 Å². The summed E-state index contributed by atoms with van der Waals surface area (Å²) in [6, 6.07) is 0. The molecule has 0 amide bonds. The number of phosphoric ester groups is 1. The van der Waals surface area contributed by atoms with Crippen molar-refractivity contribution in [2.45, 2.75) is 122 Å². The molecule has 0 aromatic rings. The fourth-order valence-corrected chi connectivity index (χ4v) is 5.50. The zero-order valence-electron chi connectivity index (χ0n) is 36.8. The van der Waals surface area contributed by atoms with Gasteiger partial charge in [-0.25, -0.2) is 4.57 Å². The number of esters is 2. The zero-order valence-corrected chi connectivity index (χ0v) is 37.7. The maximum Gasteiger partial charge on any atom is 0.472 e. The number of unbranched alkanes of at least 4 members (excludes halogenated alkanes) is 2. The summed E-state index contributed by atoms with van der Waals surface area (Å²) in [5.41, 5.74) is 0. The Kier molecular flexibility index (Phi) is 36.2. The minimum Gasteiger partial charge on any atom is -0.462 e. The number of hydrogen-bond donors (Lipinski definition) is 2. The molecule has 0 fully saturated rings. The lowest BCUT2D eigenvalue weighted by Crippen LogP contribution is -2.37. The number of carbonyl (C=O) groups excluding carboxylic acids is 2. The van der Waals surface area contributed by atoms with Gasteiger partial charge in [-0.15, -0.1) is 0 Å². The Hall–Kier alpha value is -3.63. The summed E-state index contributed by atoms with van der Waals surface area (Å²) in [6.45, 7) is 3.90. The lowest BCUT2D eigenvalue weighted by molar-refractivity contribution is -0.870. The number of likely N-dealkylation sites (N-methyl/N-ethyl adjacent to an activating group) is 1.